The topological polar surface area (TPSA) is 64.7 Å². The standard InChI is InChI=1S/C14H11BrN2O3/c15-13-5-1-4-12(7-13)10-20-16-9-11-3-2-6-14(8-11)17(18)19/h1-9H,10H2/b16-9+. The molecule has 0 bridgehead atoms. The average Bonchev–Trinajstić information content (AvgIpc) is 2.44. The Balaban J connectivity index is 1.93. The molecule has 2 aromatic rings. The van der Waals surface area contributed by atoms with Crippen LogP contribution in [-0.2, 0) is 11.4 Å². The van der Waals surface area contributed by atoms with E-state index in [4.69, 9.17) is 4.84 Å². The summed E-state index contributed by atoms with van der Waals surface area (Å²) in [5.41, 5.74) is 1.63. The summed E-state index contributed by atoms with van der Waals surface area (Å²) in [6.45, 7) is 0.338. The van der Waals surface area contributed by atoms with Gasteiger partial charge in [-0.3, -0.25) is 10.1 Å². The Morgan fingerprint density at radius 3 is 2.80 bits per heavy atom. The Morgan fingerprint density at radius 1 is 1.25 bits per heavy atom. The number of benzene rings is 2. The van der Waals surface area contributed by atoms with Crippen LogP contribution < -0.4 is 0 Å². The smallest absolute Gasteiger partial charge is 0.270 e. The van der Waals surface area contributed by atoms with Gasteiger partial charge in [0.1, 0.15) is 6.61 Å². The zero-order chi connectivity index (χ0) is 14.4. The van der Waals surface area contributed by atoms with Crippen molar-refractivity contribution in [2.24, 2.45) is 5.16 Å². The predicted octanol–water partition coefficient (Wildman–Crippen LogP) is 3.91. The number of nitrogens with zero attached hydrogens (tertiary/aromatic N) is 2. The third-order valence-corrected chi connectivity index (χ3v) is 2.97. The number of nitro groups is 1. The summed E-state index contributed by atoms with van der Waals surface area (Å²) >= 11 is 3.37. The number of non-ortho nitro benzene ring substituents is 1. The molecule has 0 N–H and O–H groups in total. The fourth-order valence-corrected chi connectivity index (χ4v) is 2.00. The monoisotopic (exact) mass is 334 g/mol. The molecule has 2 aromatic carbocycles. The van der Waals surface area contributed by atoms with E-state index in [1.807, 2.05) is 24.3 Å². The number of hydrogen-bond acceptors (Lipinski definition) is 4. The zero-order valence-corrected chi connectivity index (χ0v) is 12.0. The van der Waals surface area contributed by atoms with Gasteiger partial charge < -0.3 is 4.84 Å². The fourth-order valence-electron chi connectivity index (χ4n) is 1.56. The lowest BCUT2D eigenvalue weighted by Crippen LogP contribution is -1.91. The van der Waals surface area contributed by atoms with E-state index in [0.29, 0.717) is 12.2 Å². The van der Waals surface area contributed by atoms with Gasteiger partial charge >= 0.3 is 0 Å². The highest BCUT2D eigenvalue weighted by Crippen LogP contribution is 2.13. The second kappa shape index (κ2) is 6.81. The highest BCUT2D eigenvalue weighted by atomic mass is 79.9. The first kappa shape index (κ1) is 14.2. The summed E-state index contributed by atoms with van der Waals surface area (Å²) in [6, 6.07) is 13.9. The SMILES string of the molecule is O=[N+]([O-])c1cccc(/C=N/OCc2cccc(Br)c2)c1. The van der Waals surface area contributed by atoms with E-state index in [2.05, 4.69) is 21.1 Å². The van der Waals surface area contributed by atoms with Gasteiger partial charge in [-0.2, -0.15) is 0 Å². The molecule has 0 aliphatic heterocycles. The lowest BCUT2D eigenvalue weighted by atomic mass is 10.2. The van der Waals surface area contributed by atoms with Crippen LogP contribution in [0.1, 0.15) is 11.1 Å². The van der Waals surface area contributed by atoms with Crippen LogP contribution in [0.4, 0.5) is 5.69 Å². The molecule has 0 amide bonds. The van der Waals surface area contributed by atoms with Crippen molar-refractivity contribution in [2.45, 2.75) is 6.61 Å². The van der Waals surface area contributed by atoms with Crippen LogP contribution in [0.2, 0.25) is 0 Å². The molecular formula is C14H11BrN2O3. The number of rotatable bonds is 5. The van der Waals surface area contributed by atoms with E-state index in [1.165, 1.54) is 18.3 Å². The quantitative estimate of drug-likeness (QED) is 0.473. The molecule has 0 aliphatic rings. The third kappa shape index (κ3) is 4.17. The maximum Gasteiger partial charge on any atom is 0.270 e. The molecule has 0 aliphatic carbocycles. The van der Waals surface area contributed by atoms with Crippen LogP contribution in [0.15, 0.2) is 58.2 Å². The summed E-state index contributed by atoms with van der Waals surface area (Å²) in [7, 11) is 0. The normalized spacial score (nSPS) is 10.7. The van der Waals surface area contributed by atoms with Crippen LogP contribution in [0.5, 0.6) is 0 Å². The molecule has 0 atom stereocenters. The van der Waals surface area contributed by atoms with Gasteiger partial charge in [-0.1, -0.05) is 45.4 Å². The Morgan fingerprint density at radius 2 is 2.05 bits per heavy atom. The van der Waals surface area contributed by atoms with Crippen molar-refractivity contribution in [1.82, 2.24) is 0 Å². The van der Waals surface area contributed by atoms with E-state index in [-0.39, 0.29) is 5.69 Å². The summed E-state index contributed by atoms with van der Waals surface area (Å²) < 4.78 is 0.973. The Kier molecular flexibility index (Phi) is 4.84. The van der Waals surface area contributed by atoms with Crippen molar-refractivity contribution in [3.05, 3.63) is 74.2 Å². The van der Waals surface area contributed by atoms with Gasteiger partial charge in [0.25, 0.3) is 5.69 Å². The molecule has 0 spiro atoms. The first-order valence-corrected chi connectivity index (χ1v) is 6.59. The number of hydrogen-bond donors (Lipinski definition) is 0. The molecule has 0 aromatic heterocycles. The molecule has 2 rings (SSSR count). The number of oxime groups is 1. The van der Waals surface area contributed by atoms with Gasteiger partial charge in [0.05, 0.1) is 11.1 Å². The molecule has 0 fully saturated rings. The Bertz CT molecular complexity index is 644. The molecule has 20 heavy (non-hydrogen) atoms. The van der Waals surface area contributed by atoms with Crippen LogP contribution >= 0.6 is 15.9 Å². The highest BCUT2D eigenvalue weighted by molar-refractivity contribution is 9.10. The minimum Gasteiger partial charge on any atom is -0.391 e. The van der Waals surface area contributed by atoms with Crippen LogP contribution in [-0.4, -0.2) is 11.1 Å². The first-order valence-electron chi connectivity index (χ1n) is 5.79. The predicted molar refractivity (Wildman–Crippen MR) is 79.6 cm³/mol. The summed E-state index contributed by atoms with van der Waals surface area (Å²) in [6.07, 6.45) is 1.45. The maximum absolute atomic E-state index is 10.6. The molecule has 102 valence electrons. The summed E-state index contributed by atoms with van der Waals surface area (Å²) in [5.74, 6) is 0. The molecule has 6 heteroatoms. The molecule has 0 unspecified atom stereocenters. The summed E-state index contributed by atoms with van der Waals surface area (Å²) in [4.78, 5) is 15.3. The molecular weight excluding hydrogens is 324 g/mol. The van der Waals surface area contributed by atoms with E-state index < -0.39 is 4.92 Å². The highest BCUT2D eigenvalue weighted by Gasteiger charge is 2.03. The van der Waals surface area contributed by atoms with Crippen molar-refractivity contribution < 1.29 is 9.76 Å². The van der Waals surface area contributed by atoms with Crippen molar-refractivity contribution in [3.63, 3.8) is 0 Å². The molecule has 0 heterocycles. The van der Waals surface area contributed by atoms with E-state index in [0.717, 1.165) is 10.0 Å². The minimum atomic E-state index is -0.445. The summed E-state index contributed by atoms with van der Waals surface area (Å²) in [5, 5.41) is 14.4. The second-order valence-electron chi connectivity index (χ2n) is 3.99. The lowest BCUT2D eigenvalue weighted by molar-refractivity contribution is -0.384. The minimum absolute atomic E-state index is 0.0286. The van der Waals surface area contributed by atoms with Crippen LogP contribution in [0.25, 0.3) is 0 Å². The Labute approximate surface area is 124 Å². The molecule has 0 saturated heterocycles. The Hall–Kier alpha value is -2.21. The zero-order valence-electron chi connectivity index (χ0n) is 10.4. The lowest BCUT2D eigenvalue weighted by Gasteiger charge is -2.00. The van der Waals surface area contributed by atoms with Crippen LogP contribution in [0.3, 0.4) is 0 Å². The third-order valence-electron chi connectivity index (χ3n) is 2.48. The van der Waals surface area contributed by atoms with Crippen molar-refractivity contribution >= 4 is 27.8 Å². The second-order valence-corrected chi connectivity index (χ2v) is 4.91. The first-order chi connectivity index (χ1) is 9.65. The largest absolute Gasteiger partial charge is 0.391 e. The van der Waals surface area contributed by atoms with Gasteiger partial charge in [-0.25, -0.2) is 0 Å². The fraction of sp³-hybridized carbons (Fsp3) is 0.0714. The van der Waals surface area contributed by atoms with Gasteiger partial charge in [0, 0.05) is 22.2 Å². The van der Waals surface area contributed by atoms with Crippen LogP contribution in [0, 0.1) is 10.1 Å². The van der Waals surface area contributed by atoms with Crippen molar-refractivity contribution in [1.29, 1.82) is 0 Å². The van der Waals surface area contributed by atoms with E-state index >= 15 is 0 Å². The number of nitro benzene ring substituents is 1. The van der Waals surface area contributed by atoms with Crippen molar-refractivity contribution in [2.75, 3.05) is 0 Å². The van der Waals surface area contributed by atoms with Gasteiger partial charge in [0.15, 0.2) is 0 Å². The number of halogens is 1. The molecule has 0 radical (unpaired) electrons. The van der Waals surface area contributed by atoms with Crippen molar-refractivity contribution in [3.8, 4) is 0 Å². The van der Waals surface area contributed by atoms with E-state index in [1.54, 1.807) is 12.1 Å². The van der Waals surface area contributed by atoms with Gasteiger partial charge in [-0.15, -0.1) is 0 Å². The molecule has 5 nitrogen and oxygen atoms in total. The maximum atomic E-state index is 10.6. The van der Waals surface area contributed by atoms with E-state index in [9.17, 15) is 10.1 Å². The molecule has 0 saturated carbocycles. The average molecular weight is 335 g/mol. The van der Waals surface area contributed by atoms with Gasteiger partial charge in [0.2, 0.25) is 0 Å². The van der Waals surface area contributed by atoms with Gasteiger partial charge in [-0.05, 0) is 17.7 Å².